The van der Waals surface area contributed by atoms with E-state index in [1.807, 2.05) is 12.1 Å². The number of ether oxygens (including phenoxy) is 1. The monoisotopic (exact) mass is 280 g/mol. The first kappa shape index (κ1) is 14.4. The number of methoxy groups -OCH3 is 1. The zero-order chi connectivity index (χ0) is 13.7. The molecule has 0 amide bonds. The van der Waals surface area contributed by atoms with E-state index in [0.29, 0.717) is 18.3 Å². The van der Waals surface area contributed by atoms with Crippen LogP contribution in [0.25, 0.3) is 0 Å². The van der Waals surface area contributed by atoms with Gasteiger partial charge in [0.1, 0.15) is 0 Å². The van der Waals surface area contributed by atoms with Crippen LogP contribution in [0, 0.1) is 5.92 Å². The number of hydrogen-bond donors (Lipinski definition) is 0. The van der Waals surface area contributed by atoms with Gasteiger partial charge >= 0.3 is 5.97 Å². The summed E-state index contributed by atoms with van der Waals surface area (Å²) in [7, 11) is 1.47. The fourth-order valence-electron chi connectivity index (χ4n) is 3.07. The van der Waals surface area contributed by atoms with E-state index in [4.69, 9.17) is 16.3 Å². The highest BCUT2D eigenvalue weighted by Crippen LogP contribution is 2.38. The highest BCUT2D eigenvalue weighted by Gasteiger charge is 2.27. The van der Waals surface area contributed by atoms with Crippen molar-refractivity contribution in [3.05, 3.63) is 34.9 Å². The van der Waals surface area contributed by atoms with Crippen molar-refractivity contribution in [3.8, 4) is 0 Å². The number of rotatable bonds is 3. The number of hydrogen-bond acceptors (Lipinski definition) is 2. The fraction of sp³-hybridized carbons (Fsp3) is 0.562. The van der Waals surface area contributed by atoms with Crippen LogP contribution in [0.3, 0.4) is 0 Å². The number of carbonyl (C=O) groups excluding carboxylic acids is 1. The second-order valence-corrected chi connectivity index (χ2v) is 5.77. The topological polar surface area (TPSA) is 26.3 Å². The molecular weight excluding hydrogens is 260 g/mol. The lowest BCUT2D eigenvalue weighted by molar-refractivity contribution is -0.142. The Morgan fingerprint density at radius 2 is 1.89 bits per heavy atom. The van der Waals surface area contributed by atoms with Crippen molar-refractivity contribution in [2.75, 3.05) is 7.11 Å². The molecule has 1 aliphatic carbocycles. The molecule has 0 heterocycles. The van der Waals surface area contributed by atoms with Gasteiger partial charge in [-0.25, -0.2) is 0 Å². The Morgan fingerprint density at radius 3 is 2.58 bits per heavy atom. The van der Waals surface area contributed by atoms with E-state index in [0.717, 1.165) is 17.9 Å². The maximum atomic E-state index is 11.6. The molecule has 2 unspecified atom stereocenters. The first-order chi connectivity index (χ1) is 9.20. The third-order valence-corrected chi connectivity index (χ3v) is 4.37. The molecule has 19 heavy (non-hydrogen) atoms. The van der Waals surface area contributed by atoms with Crippen LogP contribution in [0.5, 0.6) is 0 Å². The molecule has 0 bridgehead atoms. The van der Waals surface area contributed by atoms with Crippen LogP contribution in [0.2, 0.25) is 5.02 Å². The highest BCUT2D eigenvalue weighted by molar-refractivity contribution is 6.30. The molecular formula is C16H21ClO2. The lowest BCUT2D eigenvalue weighted by Gasteiger charge is -2.24. The Kier molecular flexibility index (Phi) is 5.26. The van der Waals surface area contributed by atoms with Gasteiger partial charge in [-0.05, 0) is 42.4 Å². The summed E-state index contributed by atoms with van der Waals surface area (Å²) in [5, 5.41) is 0.766. The summed E-state index contributed by atoms with van der Waals surface area (Å²) in [6.45, 7) is 0. The number of halogens is 1. The summed E-state index contributed by atoms with van der Waals surface area (Å²) in [4.78, 5) is 11.6. The Balaban J connectivity index is 2.16. The molecule has 2 atom stereocenters. The van der Waals surface area contributed by atoms with Gasteiger partial charge in [0.05, 0.1) is 7.11 Å². The molecule has 1 saturated carbocycles. The van der Waals surface area contributed by atoms with E-state index in [-0.39, 0.29) is 5.97 Å². The van der Waals surface area contributed by atoms with Crippen molar-refractivity contribution in [1.82, 2.24) is 0 Å². The van der Waals surface area contributed by atoms with Crippen LogP contribution < -0.4 is 0 Å². The third kappa shape index (κ3) is 3.97. The lowest BCUT2D eigenvalue weighted by atomic mass is 9.80. The van der Waals surface area contributed by atoms with Gasteiger partial charge in [-0.2, -0.15) is 0 Å². The van der Waals surface area contributed by atoms with Crippen molar-refractivity contribution in [2.45, 2.75) is 44.4 Å². The molecule has 0 radical (unpaired) electrons. The van der Waals surface area contributed by atoms with Crippen molar-refractivity contribution in [2.24, 2.45) is 5.92 Å². The predicted octanol–water partition coefficient (Wildman–Crippen LogP) is 4.57. The van der Waals surface area contributed by atoms with Gasteiger partial charge in [-0.15, -0.1) is 0 Å². The average Bonchev–Trinajstić information content (AvgIpc) is 2.65. The van der Waals surface area contributed by atoms with E-state index in [1.54, 1.807) is 0 Å². The maximum Gasteiger partial charge on any atom is 0.305 e. The van der Waals surface area contributed by atoms with Gasteiger partial charge in [0.2, 0.25) is 0 Å². The SMILES string of the molecule is COC(=O)CC1CCCCCC1c1ccc(Cl)cc1. The Bertz CT molecular complexity index is 413. The zero-order valence-electron chi connectivity index (χ0n) is 11.4. The summed E-state index contributed by atoms with van der Waals surface area (Å²) >= 11 is 5.95. The molecule has 0 N–H and O–H groups in total. The molecule has 3 heteroatoms. The van der Waals surface area contributed by atoms with Crippen LogP contribution >= 0.6 is 11.6 Å². The van der Waals surface area contributed by atoms with Crippen molar-refractivity contribution in [3.63, 3.8) is 0 Å². The zero-order valence-corrected chi connectivity index (χ0v) is 12.2. The van der Waals surface area contributed by atoms with Crippen LogP contribution in [0.4, 0.5) is 0 Å². The first-order valence-corrected chi connectivity index (χ1v) is 7.41. The van der Waals surface area contributed by atoms with Crippen molar-refractivity contribution in [1.29, 1.82) is 0 Å². The Labute approximate surface area is 120 Å². The number of carbonyl (C=O) groups is 1. The molecule has 1 fully saturated rings. The van der Waals surface area contributed by atoms with Crippen LogP contribution in [0.15, 0.2) is 24.3 Å². The quantitative estimate of drug-likeness (QED) is 0.599. The Hall–Kier alpha value is -1.02. The first-order valence-electron chi connectivity index (χ1n) is 7.03. The largest absolute Gasteiger partial charge is 0.469 e. The summed E-state index contributed by atoms with van der Waals surface area (Å²) in [5.74, 6) is 0.765. The summed E-state index contributed by atoms with van der Waals surface area (Å²) in [6.07, 6.45) is 6.52. The van der Waals surface area contributed by atoms with Crippen molar-refractivity contribution < 1.29 is 9.53 Å². The maximum absolute atomic E-state index is 11.6. The third-order valence-electron chi connectivity index (χ3n) is 4.11. The van der Waals surface area contributed by atoms with Gasteiger partial charge in [-0.1, -0.05) is 43.0 Å². The standard InChI is InChI=1S/C16H21ClO2/c1-19-16(18)11-13-5-3-2-4-6-15(13)12-7-9-14(17)10-8-12/h7-10,13,15H,2-6,11H2,1H3. The molecule has 2 rings (SSSR count). The molecule has 1 aliphatic rings. The normalized spacial score (nSPS) is 23.7. The van der Waals surface area contributed by atoms with Crippen LogP contribution in [-0.4, -0.2) is 13.1 Å². The minimum Gasteiger partial charge on any atom is -0.469 e. The molecule has 0 saturated heterocycles. The minimum absolute atomic E-state index is 0.0918. The minimum atomic E-state index is -0.0918. The summed E-state index contributed by atoms with van der Waals surface area (Å²) in [5.41, 5.74) is 1.31. The molecule has 2 nitrogen and oxygen atoms in total. The fourth-order valence-corrected chi connectivity index (χ4v) is 3.20. The van der Waals surface area contributed by atoms with Crippen molar-refractivity contribution >= 4 is 17.6 Å². The van der Waals surface area contributed by atoms with E-state index in [2.05, 4.69) is 12.1 Å². The highest BCUT2D eigenvalue weighted by atomic mass is 35.5. The summed E-state index contributed by atoms with van der Waals surface area (Å²) in [6, 6.07) is 8.08. The second kappa shape index (κ2) is 6.95. The molecule has 0 aliphatic heterocycles. The summed E-state index contributed by atoms with van der Waals surface area (Å²) < 4.78 is 4.84. The molecule has 0 aromatic heterocycles. The van der Waals surface area contributed by atoms with Gasteiger partial charge in [0.15, 0.2) is 0 Å². The molecule has 1 aromatic rings. The lowest BCUT2D eigenvalue weighted by Crippen LogP contribution is -2.17. The molecule has 0 spiro atoms. The predicted molar refractivity (Wildman–Crippen MR) is 77.4 cm³/mol. The number of benzene rings is 1. The number of esters is 1. The van der Waals surface area contributed by atoms with E-state index >= 15 is 0 Å². The van der Waals surface area contributed by atoms with Gasteiger partial charge in [-0.3, -0.25) is 4.79 Å². The van der Waals surface area contributed by atoms with Crippen LogP contribution in [-0.2, 0) is 9.53 Å². The second-order valence-electron chi connectivity index (χ2n) is 5.34. The Morgan fingerprint density at radius 1 is 1.21 bits per heavy atom. The van der Waals surface area contributed by atoms with Gasteiger partial charge < -0.3 is 4.74 Å². The van der Waals surface area contributed by atoms with Gasteiger partial charge in [0, 0.05) is 11.4 Å². The van der Waals surface area contributed by atoms with E-state index in [1.165, 1.54) is 31.9 Å². The van der Waals surface area contributed by atoms with Gasteiger partial charge in [0.25, 0.3) is 0 Å². The van der Waals surface area contributed by atoms with E-state index in [9.17, 15) is 4.79 Å². The molecule has 1 aromatic carbocycles. The smallest absolute Gasteiger partial charge is 0.305 e. The average molecular weight is 281 g/mol. The van der Waals surface area contributed by atoms with Crippen LogP contribution in [0.1, 0.15) is 50.0 Å². The van der Waals surface area contributed by atoms with E-state index < -0.39 is 0 Å². The molecule has 104 valence electrons.